The Morgan fingerprint density at radius 2 is 1.09 bits per heavy atom. The summed E-state index contributed by atoms with van der Waals surface area (Å²) in [6, 6.07) is 0. The van der Waals surface area contributed by atoms with Crippen molar-refractivity contribution in [2.45, 2.75) is 53.4 Å². The second kappa shape index (κ2) is 17.0. The Hall–Kier alpha value is -0.360. The molecule has 0 aromatic rings. The smallest absolute Gasteiger partial charge is 0.156 e. The topological polar surface area (TPSA) is 48.8 Å². The zero-order chi connectivity index (χ0) is 16.5. The minimum absolute atomic E-state index is 0.861. The van der Waals surface area contributed by atoms with Gasteiger partial charge in [-0.3, -0.25) is 9.98 Å². The lowest BCUT2D eigenvalue weighted by Gasteiger charge is -2.08. The van der Waals surface area contributed by atoms with Crippen LogP contribution in [0.2, 0.25) is 0 Å². The third-order valence-corrected chi connectivity index (χ3v) is 4.86. The van der Waals surface area contributed by atoms with Crippen LogP contribution in [0.15, 0.2) is 9.98 Å². The van der Waals surface area contributed by atoms with Gasteiger partial charge >= 0.3 is 0 Å². The molecule has 0 unspecified atom stereocenters. The van der Waals surface area contributed by atoms with Crippen molar-refractivity contribution in [1.82, 2.24) is 10.6 Å². The van der Waals surface area contributed by atoms with Gasteiger partial charge in [0.15, 0.2) is 10.3 Å². The van der Waals surface area contributed by atoms with E-state index in [9.17, 15) is 0 Å². The van der Waals surface area contributed by atoms with Crippen LogP contribution < -0.4 is 10.6 Å². The second-order valence-electron chi connectivity index (χ2n) is 4.73. The van der Waals surface area contributed by atoms with Crippen molar-refractivity contribution in [2.24, 2.45) is 9.98 Å². The highest BCUT2D eigenvalue weighted by Gasteiger charge is 2.00. The molecule has 0 spiro atoms. The second-order valence-corrected chi connectivity index (χ2v) is 6.90. The average molecular weight is 347 g/mol. The van der Waals surface area contributed by atoms with E-state index in [4.69, 9.17) is 0 Å². The molecule has 0 radical (unpaired) electrons. The Morgan fingerprint density at radius 1 is 0.682 bits per heavy atom. The summed E-state index contributed by atoms with van der Waals surface area (Å²) in [4.78, 5) is 8.92. The molecule has 0 saturated heterocycles. The molecule has 0 rings (SSSR count). The SMILES string of the molecule is CCN=C(NCC)SCCCCCCSC(=NCC)NCC. The minimum atomic E-state index is 0.861. The van der Waals surface area contributed by atoms with Gasteiger partial charge in [0.05, 0.1) is 0 Å². The fraction of sp³-hybridized carbons (Fsp3) is 0.875. The van der Waals surface area contributed by atoms with Crippen LogP contribution in [-0.4, -0.2) is 48.0 Å². The molecule has 2 N–H and O–H groups in total. The number of nitrogens with one attached hydrogen (secondary N) is 2. The van der Waals surface area contributed by atoms with Gasteiger partial charge in [-0.05, 0) is 40.5 Å². The molecule has 4 nitrogen and oxygen atoms in total. The van der Waals surface area contributed by atoms with Crippen LogP contribution in [0.1, 0.15) is 53.4 Å². The molecule has 0 aromatic carbocycles. The first-order valence-corrected chi connectivity index (χ1v) is 10.6. The maximum absolute atomic E-state index is 4.46. The number of aliphatic imine (C=N–C) groups is 2. The molecular formula is C16H34N4S2. The number of rotatable bonds is 11. The van der Waals surface area contributed by atoms with Crippen molar-refractivity contribution in [3.05, 3.63) is 0 Å². The van der Waals surface area contributed by atoms with E-state index in [1.54, 1.807) is 0 Å². The molecule has 6 heteroatoms. The van der Waals surface area contributed by atoms with Gasteiger partial charge in [-0.15, -0.1) is 0 Å². The highest BCUT2D eigenvalue weighted by molar-refractivity contribution is 8.14. The van der Waals surface area contributed by atoms with Gasteiger partial charge in [-0.25, -0.2) is 0 Å². The third kappa shape index (κ3) is 13.3. The zero-order valence-corrected chi connectivity index (χ0v) is 16.4. The van der Waals surface area contributed by atoms with Crippen LogP contribution in [0, 0.1) is 0 Å². The molecule has 0 fully saturated rings. The van der Waals surface area contributed by atoms with E-state index in [1.165, 1.54) is 37.2 Å². The van der Waals surface area contributed by atoms with Gasteiger partial charge in [0.2, 0.25) is 0 Å². The summed E-state index contributed by atoms with van der Waals surface area (Å²) in [7, 11) is 0. The molecule has 0 aliphatic rings. The highest BCUT2D eigenvalue weighted by Crippen LogP contribution is 2.12. The Kier molecular flexibility index (Phi) is 16.7. The lowest BCUT2D eigenvalue weighted by Crippen LogP contribution is -2.20. The molecule has 22 heavy (non-hydrogen) atoms. The van der Waals surface area contributed by atoms with Gasteiger partial charge < -0.3 is 10.6 Å². The van der Waals surface area contributed by atoms with E-state index in [-0.39, 0.29) is 0 Å². The van der Waals surface area contributed by atoms with Crippen LogP contribution in [0.25, 0.3) is 0 Å². The standard InChI is InChI=1S/C16H34N4S2/c1-5-17-15(18-6-2)21-13-11-9-10-12-14-22-16(19-7-3)20-8-4/h5-14H2,1-4H3,(H,17,18)(H,19,20). The van der Waals surface area contributed by atoms with Crippen molar-refractivity contribution < 1.29 is 0 Å². The van der Waals surface area contributed by atoms with Crippen molar-refractivity contribution in [3.8, 4) is 0 Å². The maximum Gasteiger partial charge on any atom is 0.156 e. The third-order valence-electron chi connectivity index (χ3n) is 2.78. The average Bonchev–Trinajstić information content (AvgIpc) is 2.50. The van der Waals surface area contributed by atoms with Gasteiger partial charge in [0.1, 0.15) is 0 Å². The van der Waals surface area contributed by atoms with E-state index in [0.29, 0.717) is 0 Å². The van der Waals surface area contributed by atoms with Crippen molar-refractivity contribution in [3.63, 3.8) is 0 Å². The molecule has 0 aliphatic carbocycles. The van der Waals surface area contributed by atoms with E-state index >= 15 is 0 Å². The molecule has 0 aromatic heterocycles. The quantitative estimate of drug-likeness (QED) is 0.337. The van der Waals surface area contributed by atoms with Gasteiger partial charge in [-0.2, -0.15) is 0 Å². The van der Waals surface area contributed by atoms with Gasteiger partial charge in [0, 0.05) is 37.7 Å². The Balaban J connectivity index is 3.57. The van der Waals surface area contributed by atoms with Crippen molar-refractivity contribution >= 4 is 33.9 Å². The van der Waals surface area contributed by atoms with E-state index in [0.717, 1.165) is 36.5 Å². The predicted molar refractivity (Wildman–Crippen MR) is 107 cm³/mol. The first-order valence-electron chi connectivity index (χ1n) is 8.60. The molecule has 0 aliphatic heterocycles. The predicted octanol–water partition coefficient (Wildman–Crippen LogP) is 3.98. The normalized spacial score (nSPS) is 12.5. The van der Waals surface area contributed by atoms with Gasteiger partial charge in [0.25, 0.3) is 0 Å². The zero-order valence-electron chi connectivity index (χ0n) is 14.8. The van der Waals surface area contributed by atoms with Crippen LogP contribution in [0.4, 0.5) is 0 Å². The van der Waals surface area contributed by atoms with Gasteiger partial charge in [-0.1, -0.05) is 36.4 Å². The lowest BCUT2D eigenvalue weighted by atomic mass is 10.2. The van der Waals surface area contributed by atoms with Crippen LogP contribution >= 0.6 is 23.5 Å². The molecule has 0 heterocycles. The number of hydrogen-bond acceptors (Lipinski definition) is 4. The largest absolute Gasteiger partial charge is 0.365 e. The molecular weight excluding hydrogens is 312 g/mol. The number of nitrogens with zero attached hydrogens (tertiary/aromatic N) is 2. The Morgan fingerprint density at radius 3 is 1.41 bits per heavy atom. The fourth-order valence-electron chi connectivity index (χ4n) is 1.79. The monoisotopic (exact) mass is 346 g/mol. The number of hydrogen-bond donors (Lipinski definition) is 2. The summed E-state index contributed by atoms with van der Waals surface area (Å²) >= 11 is 3.71. The number of thioether (sulfide) groups is 2. The molecule has 0 bridgehead atoms. The maximum atomic E-state index is 4.46. The van der Waals surface area contributed by atoms with Crippen LogP contribution in [0.5, 0.6) is 0 Å². The fourth-order valence-corrected chi connectivity index (χ4v) is 3.81. The summed E-state index contributed by atoms with van der Waals surface area (Å²) < 4.78 is 0. The van der Waals surface area contributed by atoms with E-state index in [1.807, 2.05) is 23.5 Å². The highest BCUT2D eigenvalue weighted by atomic mass is 32.2. The number of amidine groups is 2. The van der Waals surface area contributed by atoms with Crippen molar-refractivity contribution in [2.75, 3.05) is 37.7 Å². The summed E-state index contributed by atoms with van der Waals surface area (Å²) in [5.74, 6) is 2.33. The molecule has 0 atom stereocenters. The molecule has 0 amide bonds. The summed E-state index contributed by atoms with van der Waals surface area (Å²) in [6.45, 7) is 12.0. The molecule has 0 saturated carbocycles. The minimum Gasteiger partial charge on any atom is -0.365 e. The summed E-state index contributed by atoms with van der Waals surface area (Å²) in [5.41, 5.74) is 0. The van der Waals surface area contributed by atoms with Crippen molar-refractivity contribution in [1.29, 1.82) is 0 Å². The summed E-state index contributed by atoms with van der Waals surface area (Å²) in [6.07, 6.45) is 5.15. The summed E-state index contributed by atoms with van der Waals surface area (Å²) in [5, 5.41) is 8.85. The molecule has 130 valence electrons. The Labute approximate surface area is 145 Å². The van der Waals surface area contributed by atoms with Crippen LogP contribution in [-0.2, 0) is 0 Å². The van der Waals surface area contributed by atoms with E-state index < -0.39 is 0 Å². The first-order chi connectivity index (χ1) is 10.8. The number of unbranched alkanes of at least 4 members (excludes halogenated alkanes) is 3. The first kappa shape index (κ1) is 21.6. The Bertz CT molecular complexity index is 277. The van der Waals surface area contributed by atoms with Crippen LogP contribution in [0.3, 0.4) is 0 Å². The lowest BCUT2D eigenvalue weighted by molar-refractivity contribution is 0.712. The van der Waals surface area contributed by atoms with E-state index in [2.05, 4.69) is 48.3 Å².